The molecule has 1 aromatic rings. The van der Waals surface area contributed by atoms with Gasteiger partial charge in [0.05, 0.1) is 12.5 Å². The van der Waals surface area contributed by atoms with E-state index >= 15 is 0 Å². The quantitative estimate of drug-likeness (QED) is 0.867. The van der Waals surface area contributed by atoms with E-state index in [0.717, 1.165) is 0 Å². The molecule has 0 aromatic heterocycles. The lowest BCUT2D eigenvalue weighted by atomic mass is 10.2. The molecular formula is C11H16Cl2N2O2. The van der Waals surface area contributed by atoms with Crippen molar-refractivity contribution in [2.75, 3.05) is 19.0 Å². The molecule has 1 rings (SSSR count). The minimum atomic E-state index is -0.251. The van der Waals surface area contributed by atoms with E-state index in [1.807, 2.05) is 0 Å². The van der Waals surface area contributed by atoms with Crippen LogP contribution in [-0.2, 0) is 9.53 Å². The third-order valence-electron chi connectivity index (χ3n) is 2.12. The average molecular weight is 279 g/mol. The number of nitrogens with two attached hydrogens (primary N) is 1. The average Bonchev–Trinajstić information content (AvgIpc) is 2.26. The minimum Gasteiger partial charge on any atom is -0.380 e. The molecule has 96 valence electrons. The Kier molecular flexibility index (Phi) is 7.91. The number of anilines is 1. The molecule has 0 aliphatic rings. The highest BCUT2D eigenvalue weighted by atomic mass is 35.5. The van der Waals surface area contributed by atoms with E-state index in [-0.39, 0.29) is 30.8 Å². The normalized spacial score (nSPS) is 11.5. The van der Waals surface area contributed by atoms with E-state index in [2.05, 4.69) is 5.32 Å². The summed E-state index contributed by atoms with van der Waals surface area (Å²) in [6, 6.07) is 6.97. The molecule has 1 atom stereocenters. The number of methoxy groups -OCH3 is 1. The fourth-order valence-corrected chi connectivity index (χ4v) is 1.44. The highest BCUT2D eigenvalue weighted by Gasteiger charge is 2.11. The van der Waals surface area contributed by atoms with E-state index in [4.69, 9.17) is 22.1 Å². The summed E-state index contributed by atoms with van der Waals surface area (Å²) in [4.78, 5) is 11.6. The van der Waals surface area contributed by atoms with Gasteiger partial charge in [0.15, 0.2) is 0 Å². The molecule has 17 heavy (non-hydrogen) atoms. The standard InChI is InChI=1S/C11H15ClN2O2.ClH/c1-16-10(7-13)6-11(15)14-9-4-2-3-8(12)5-9;/h2-5,10H,6-7,13H2,1H3,(H,14,15);1H. The van der Waals surface area contributed by atoms with E-state index in [0.29, 0.717) is 17.3 Å². The number of hydrogen-bond donors (Lipinski definition) is 2. The second-order valence-corrected chi connectivity index (χ2v) is 3.79. The van der Waals surface area contributed by atoms with Crippen LogP contribution in [0, 0.1) is 0 Å². The monoisotopic (exact) mass is 278 g/mol. The van der Waals surface area contributed by atoms with Gasteiger partial charge < -0.3 is 15.8 Å². The van der Waals surface area contributed by atoms with Crippen molar-refractivity contribution in [2.45, 2.75) is 12.5 Å². The molecule has 0 heterocycles. The Hall–Kier alpha value is -0.810. The summed E-state index contributed by atoms with van der Waals surface area (Å²) >= 11 is 5.79. The highest BCUT2D eigenvalue weighted by molar-refractivity contribution is 6.30. The molecule has 0 fully saturated rings. The predicted octanol–water partition coefficient (Wildman–Crippen LogP) is 2.06. The molecule has 1 unspecified atom stereocenters. The number of ether oxygens (including phenoxy) is 1. The molecule has 0 saturated carbocycles. The topological polar surface area (TPSA) is 64.3 Å². The molecule has 0 saturated heterocycles. The second kappa shape index (κ2) is 8.31. The largest absolute Gasteiger partial charge is 0.380 e. The van der Waals surface area contributed by atoms with Crippen LogP contribution in [0.1, 0.15) is 6.42 Å². The van der Waals surface area contributed by atoms with Crippen molar-refractivity contribution in [1.82, 2.24) is 0 Å². The maximum absolute atomic E-state index is 11.6. The van der Waals surface area contributed by atoms with Gasteiger partial charge in [0.1, 0.15) is 0 Å². The van der Waals surface area contributed by atoms with Crippen molar-refractivity contribution in [1.29, 1.82) is 0 Å². The van der Waals surface area contributed by atoms with Crippen molar-refractivity contribution in [2.24, 2.45) is 5.73 Å². The van der Waals surface area contributed by atoms with Crippen molar-refractivity contribution in [3.05, 3.63) is 29.3 Å². The lowest BCUT2D eigenvalue weighted by Gasteiger charge is -2.12. The molecule has 1 aromatic carbocycles. The molecule has 0 spiro atoms. The van der Waals surface area contributed by atoms with E-state index in [1.165, 1.54) is 7.11 Å². The number of carbonyl (C=O) groups is 1. The first kappa shape index (κ1) is 16.2. The first-order valence-electron chi connectivity index (χ1n) is 4.94. The number of rotatable bonds is 5. The first-order valence-corrected chi connectivity index (χ1v) is 5.31. The van der Waals surface area contributed by atoms with Crippen molar-refractivity contribution in [3.63, 3.8) is 0 Å². The summed E-state index contributed by atoms with van der Waals surface area (Å²) in [5.41, 5.74) is 6.09. The summed E-state index contributed by atoms with van der Waals surface area (Å²) in [7, 11) is 1.53. The van der Waals surface area contributed by atoms with Gasteiger partial charge in [0.2, 0.25) is 5.91 Å². The summed E-state index contributed by atoms with van der Waals surface area (Å²) in [5, 5.41) is 3.31. The van der Waals surface area contributed by atoms with E-state index in [1.54, 1.807) is 24.3 Å². The smallest absolute Gasteiger partial charge is 0.227 e. The minimum absolute atomic E-state index is 0. The zero-order chi connectivity index (χ0) is 12.0. The zero-order valence-electron chi connectivity index (χ0n) is 9.48. The van der Waals surface area contributed by atoms with E-state index in [9.17, 15) is 4.79 Å². The van der Waals surface area contributed by atoms with Crippen LogP contribution in [0.15, 0.2) is 24.3 Å². The van der Waals surface area contributed by atoms with Crippen molar-refractivity contribution < 1.29 is 9.53 Å². The lowest BCUT2D eigenvalue weighted by molar-refractivity contribution is -0.118. The Labute approximate surface area is 112 Å². The number of carbonyl (C=O) groups excluding carboxylic acids is 1. The van der Waals surface area contributed by atoms with Crippen LogP contribution in [0.4, 0.5) is 5.69 Å². The second-order valence-electron chi connectivity index (χ2n) is 3.36. The SMILES string of the molecule is COC(CN)CC(=O)Nc1cccc(Cl)c1.Cl. The van der Waals surface area contributed by atoms with Crippen LogP contribution in [-0.4, -0.2) is 25.7 Å². The van der Waals surface area contributed by atoms with Gasteiger partial charge in [0.25, 0.3) is 0 Å². The molecule has 0 radical (unpaired) electrons. The summed E-state index contributed by atoms with van der Waals surface area (Å²) in [6.45, 7) is 0.319. The first-order chi connectivity index (χ1) is 7.65. The van der Waals surface area contributed by atoms with Gasteiger partial charge in [-0.1, -0.05) is 17.7 Å². The van der Waals surface area contributed by atoms with Gasteiger partial charge in [-0.05, 0) is 18.2 Å². The fourth-order valence-electron chi connectivity index (χ4n) is 1.25. The van der Waals surface area contributed by atoms with Crippen LogP contribution in [0.5, 0.6) is 0 Å². The Bertz CT molecular complexity index is 357. The Balaban J connectivity index is 0.00000256. The van der Waals surface area contributed by atoms with Gasteiger partial charge >= 0.3 is 0 Å². The number of benzene rings is 1. The fraction of sp³-hybridized carbons (Fsp3) is 0.364. The molecule has 0 aliphatic heterocycles. The number of nitrogens with one attached hydrogen (secondary N) is 1. The zero-order valence-corrected chi connectivity index (χ0v) is 11.1. The van der Waals surface area contributed by atoms with Gasteiger partial charge in [-0.25, -0.2) is 0 Å². The molecular weight excluding hydrogens is 263 g/mol. The Morgan fingerprint density at radius 2 is 2.29 bits per heavy atom. The van der Waals surface area contributed by atoms with Crippen LogP contribution in [0.2, 0.25) is 5.02 Å². The summed E-state index contributed by atoms with van der Waals surface area (Å²) < 4.78 is 5.02. The highest BCUT2D eigenvalue weighted by Crippen LogP contribution is 2.15. The lowest BCUT2D eigenvalue weighted by Crippen LogP contribution is -2.28. The van der Waals surface area contributed by atoms with Gasteiger partial charge in [-0.2, -0.15) is 0 Å². The van der Waals surface area contributed by atoms with Gasteiger partial charge in [-0.15, -0.1) is 12.4 Å². The van der Waals surface area contributed by atoms with Crippen molar-refractivity contribution in [3.8, 4) is 0 Å². The molecule has 4 nitrogen and oxygen atoms in total. The maximum Gasteiger partial charge on any atom is 0.227 e. The van der Waals surface area contributed by atoms with Crippen LogP contribution >= 0.6 is 24.0 Å². The molecule has 3 N–H and O–H groups in total. The van der Waals surface area contributed by atoms with Crippen molar-refractivity contribution >= 4 is 35.6 Å². The molecule has 6 heteroatoms. The maximum atomic E-state index is 11.6. The van der Waals surface area contributed by atoms with Gasteiger partial charge in [-0.3, -0.25) is 4.79 Å². The third kappa shape index (κ3) is 5.89. The Morgan fingerprint density at radius 3 is 2.82 bits per heavy atom. The summed E-state index contributed by atoms with van der Waals surface area (Å²) in [6.07, 6.45) is -0.0151. The number of halogens is 2. The molecule has 0 bridgehead atoms. The Morgan fingerprint density at radius 1 is 1.59 bits per heavy atom. The molecule has 0 aliphatic carbocycles. The van der Waals surface area contributed by atoms with Gasteiger partial charge in [0, 0.05) is 24.4 Å². The number of amides is 1. The van der Waals surface area contributed by atoms with Crippen LogP contribution in [0.25, 0.3) is 0 Å². The third-order valence-corrected chi connectivity index (χ3v) is 2.35. The molecule has 1 amide bonds. The van der Waals surface area contributed by atoms with Crippen LogP contribution < -0.4 is 11.1 Å². The van der Waals surface area contributed by atoms with E-state index < -0.39 is 0 Å². The summed E-state index contributed by atoms with van der Waals surface area (Å²) in [5.74, 6) is -0.139. The predicted molar refractivity (Wildman–Crippen MR) is 71.8 cm³/mol. The number of hydrogen-bond acceptors (Lipinski definition) is 3. The van der Waals surface area contributed by atoms with Crippen LogP contribution in [0.3, 0.4) is 0 Å².